The molecule has 0 atom stereocenters. The van der Waals surface area contributed by atoms with E-state index in [2.05, 4.69) is 0 Å². The molecule has 4 nitrogen and oxygen atoms in total. The Morgan fingerprint density at radius 2 is 1.84 bits per heavy atom. The lowest BCUT2D eigenvalue weighted by Gasteiger charge is -2.36. The molecule has 0 N–H and O–H groups in total. The maximum Gasteiger partial charge on any atom is 0.255 e. The topological polar surface area (TPSA) is 47.3 Å². The van der Waals surface area contributed by atoms with E-state index in [1.807, 2.05) is 11.0 Å². The molecule has 25 heavy (non-hydrogen) atoms. The molecule has 1 heterocycles. The van der Waals surface area contributed by atoms with Crippen LogP contribution in [-0.2, 0) is 0 Å². The predicted octanol–water partition coefficient (Wildman–Crippen LogP) is 3.97. The molecule has 1 fully saturated rings. The van der Waals surface area contributed by atoms with Crippen LogP contribution in [0.3, 0.4) is 0 Å². The molecular weight excluding hydrogens is 364 g/mol. The minimum Gasteiger partial charge on any atom is -0.367 e. The Labute approximate surface area is 155 Å². The number of benzene rings is 2. The molecule has 0 radical (unpaired) electrons. The van der Waals surface area contributed by atoms with Crippen LogP contribution >= 0.6 is 23.2 Å². The summed E-state index contributed by atoms with van der Waals surface area (Å²) < 4.78 is 13.8. The molecule has 1 aliphatic rings. The number of halogens is 3. The monoisotopic (exact) mass is 377 g/mol. The number of amides is 1. The number of hydrogen-bond donors (Lipinski definition) is 0. The minimum absolute atomic E-state index is 0.0279. The van der Waals surface area contributed by atoms with Crippen molar-refractivity contribution in [2.45, 2.75) is 0 Å². The van der Waals surface area contributed by atoms with Gasteiger partial charge >= 0.3 is 0 Å². The van der Waals surface area contributed by atoms with Crippen LogP contribution in [0.25, 0.3) is 0 Å². The zero-order valence-corrected chi connectivity index (χ0v) is 14.7. The molecule has 0 spiro atoms. The molecule has 1 amide bonds. The maximum atomic E-state index is 13.8. The lowest BCUT2D eigenvalue weighted by Crippen LogP contribution is -2.49. The average molecular weight is 378 g/mol. The molecule has 1 aliphatic heterocycles. The molecule has 1 saturated heterocycles. The molecule has 0 unspecified atom stereocenters. The molecule has 0 aliphatic carbocycles. The second kappa shape index (κ2) is 7.30. The van der Waals surface area contributed by atoms with Gasteiger partial charge in [-0.05, 0) is 30.3 Å². The minimum atomic E-state index is -0.538. The average Bonchev–Trinajstić information content (AvgIpc) is 2.63. The SMILES string of the molecule is N#Cc1c(F)cccc1N1CCN(C(=O)c2cc(Cl)ccc2Cl)CC1. The summed E-state index contributed by atoms with van der Waals surface area (Å²) in [5, 5.41) is 9.97. The summed E-state index contributed by atoms with van der Waals surface area (Å²) in [4.78, 5) is 16.2. The summed E-state index contributed by atoms with van der Waals surface area (Å²) in [5.74, 6) is -0.726. The standard InChI is InChI=1S/C18H14Cl2FN3O/c19-12-4-5-15(20)13(10-12)18(25)24-8-6-23(7-9-24)17-3-1-2-16(21)14(17)11-22/h1-5,10H,6-9H2. The summed E-state index contributed by atoms with van der Waals surface area (Å²) in [7, 11) is 0. The number of carbonyl (C=O) groups is 1. The Morgan fingerprint density at radius 3 is 2.52 bits per heavy atom. The Kier molecular flexibility index (Phi) is 5.12. The van der Waals surface area contributed by atoms with E-state index < -0.39 is 5.82 Å². The van der Waals surface area contributed by atoms with Crippen LogP contribution in [0.4, 0.5) is 10.1 Å². The second-order valence-electron chi connectivity index (χ2n) is 5.65. The van der Waals surface area contributed by atoms with Crippen LogP contribution in [0.15, 0.2) is 36.4 Å². The summed E-state index contributed by atoms with van der Waals surface area (Å²) >= 11 is 12.0. The lowest BCUT2D eigenvalue weighted by molar-refractivity contribution is 0.0747. The van der Waals surface area contributed by atoms with E-state index in [0.717, 1.165) is 0 Å². The van der Waals surface area contributed by atoms with Crippen molar-refractivity contribution in [1.29, 1.82) is 5.26 Å². The summed E-state index contributed by atoms with van der Waals surface area (Å²) in [6, 6.07) is 11.2. The van der Waals surface area contributed by atoms with Gasteiger partial charge in [0, 0.05) is 31.2 Å². The predicted molar refractivity (Wildman–Crippen MR) is 95.7 cm³/mol. The van der Waals surface area contributed by atoms with Crippen molar-refractivity contribution < 1.29 is 9.18 Å². The quantitative estimate of drug-likeness (QED) is 0.795. The van der Waals surface area contributed by atoms with E-state index in [-0.39, 0.29) is 11.5 Å². The zero-order valence-electron chi connectivity index (χ0n) is 13.2. The molecular formula is C18H14Cl2FN3O. The third-order valence-electron chi connectivity index (χ3n) is 4.17. The molecule has 3 rings (SSSR count). The molecule has 0 saturated carbocycles. The van der Waals surface area contributed by atoms with Gasteiger partial charge in [-0.25, -0.2) is 4.39 Å². The molecule has 128 valence electrons. The summed E-state index contributed by atoms with van der Waals surface area (Å²) in [6.07, 6.45) is 0. The van der Waals surface area contributed by atoms with E-state index >= 15 is 0 Å². The highest BCUT2D eigenvalue weighted by Gasteiger charge is 2.25. The van der Waals surface area contributed by atoms with Gasteiger partial charge in [-0.2, -0.15) is 5.26 Å². The molecule has 7 heteroatoms. The Morgan fingerprint density at radius 1 is 1.12 bits per heavy atom. The van der Waals surface area contributed by atoms with E-state index in [0.29, 0.717) is 47.5 Å². The van der Waals surface area contributed by atoms with Gasteiger partial charge in [0.1, 0.15) is 17.4 Å². The van der Waals surface area contributed by atoms with E-state index in [1.165, 1.54) is 6.07 Å². The van der Waals surface area contributed by atoms with E-state index in [4.69, 9.17) is 28.5 Å². The fraction of sp³-hybridized carbons (Fsp3) is 0.222. The van der Waals surface area contributed by atoms with Crippen molar-refractivity contribution in [2.24, 2.45) is 0 Å². The third kappa shape index (κ3) is 3.55. The highest BCUT2D eigenvalue weighted by Crippen LogP contribution is 2.26. The zero-order chi connectivity index (χ0) is 18.0. The largest absolute Gasteiger partial charge is 0.367 e. The van der Waals surface area contributed by atoms with E-state index in [1.54, 1.807) is 35.2 Å². The summed E-state index contributed by atoms with van der Waals surface area (Å²) in [5.41, 5.74) is 0.946. The van der Waals surface area contributed by atoms with Crippen molar-refractivity contribution in [3.8, 4) is 6.07 Å². The highest BCUT2D eigenvalue weighted by atomic mass is 35.5. The third-order valence-corrected chi connectivity index (χ3v) is 4.73. The van der Waals surface area contributed by atoms with E-state index in [9.17, 15) is 9.18 Å². The fourth-order valence-corrected chi connectivity index (χ4v) is 3.24. The Balaban J connectivity index is 1.74. The van der Waals surface area contributed by atoms with Crippen molar-refractivity contribution in [3.05, 3.63) is 63.4 Å². The van der Waals surface area contributed by atoms with Gasteiger partial charge in [-0.1, -0.05) is 29.3 Å². The van der Waals surface area contributed by atoms with Crippen LogP contribution in [0.5, 0.6) is 0 Å². The maximum absolute atomic E-state index is 13.8. The molecule has 2 aromatic rings. The van der Waals surface area contributed by atoms with Crippen molar-refractivity contribution in [3.63, 3.8) is 0 Å². The van der Waals surface area contributed by atoms with Gasteiger partial charge in [-0.15, -0.1) is 0 Å². The number of nitrogens with zero attached hydrogens (tertiary/aromatic N) is 3. The smallest absolute Gasteiger partial charge is 0.255 e. The Bertz CT molecular complexity index is 858. The molecule has 0 aromatic heterocycles. The second-order valence-corrected chi connectivity index (χ2v) is 6.49. The number of anilines is 1. The van der Waals surface area contributed by atoms with Gasteiger partial charge in [0.2, 0.25) is 0 Å². The molecule has 2 aromatic carbocycles. The first-order chi connectivity index (χ1) is 12.0. The normalized spacial score (nSPS) is 14.3. The Hall–Kier alpha value is -2.29. The van der Waals surface area contributed by atoms with Crippen LogP contribution in [-0.4, -0.2) is 37.0 Å². The van der Waals surface area contributed by atoms with Crippen LogP contribution in [0.1, 0.15) is 15.9 Å². The van der Waals surface area contributed by atoms with Gasteiger partial charge < -0.3 is 9.80 Å². The number of hydrogen-bond acceptors (Lipinski definition) is 3. The van der Waals surface area contributed by atoms with Crippen molar-refractivity contribution in [2.75, 3.05) is 31.1 Å². The van der Waals surface area contributed by atoms with Crippen LogP contribution < -0.4 is 4.90 Å². The first-order valence-corrected chi connectivity index (χ1v) is 8.44. The van der Waals surface area contributed by atoms with Gasteiger partial charge in [0.15, 0.2) is 0 Å². The van der Waals surface area contributed by atoms with Crippen molar-refractivity contribution in [1.82, 2.24) is 4.90 Å². The van der Waals surface area contributed by atoms with Crippen LogP contribution in [0.2, 0.25) is 10.0 Å². The number of piperazine rings is 1. The first-order valence-electron chi connectivity index (χ1n) is 7.69. The van der Waals surface area contributed by atoms with Gasteiger partial charge in [-0.3, -0.25) is 4.79 Å². The van der Waals surface area contributed by atoms with Gasteiger partial charge in [0.25, 0.3) is 5.91 Å². The number of rotatable bonds is 2. The first kappa shape index (κ1) is 17.5. The molecule has 0 bridgehead atoms. The van der Waals surface area contributed by atoms with Crippen molar-refractivity contribution >= 4 is 34.8 Å². The number of nitriles is 1. The highest BCUT2D eigenvalue weighted by molar-refractivity contribution is 6.35. The van der Waals surface area contributed by atoms with Gasteiger partial charge in [0.05, 0.1) is 16.3 Å². The number of carbonyl (C=O) groups excluding carboxylic acids is 1. The van der Waals surface area contributed by atoms with Crippen LogP contribution in [0, 0.1) is 17.1 Å². The summed E-state index contributed by atoms with van der Waals surface area (Å²) in [6.45, 7) is 1.90. The fourth-order valence-electron chi connectivity index (χ4n) is 2.87. The lowest BCUT2D eigenvalue weighted by atomic mass is 10.1.